The van der Waals surface area contributed by atoms with Crippen LogP contribution in [0.3, 0.4) is 0 Å². The van der Waals surface area contributed by atoms with E-state index in [1.807, 2.05) is 0 Å². The summed E-state index contributed by atoms with van der Waals surface area (Å²) in [5.41, 5.74) is -0.630. The zero-order valence-corrected chi connectivity index (χ0v) is 17.5. The molecule has 1 aliphatic carbocycles. The van der Waals surface area contributed by atoms with Crippen molar-refractivity contribution in [3.8, 4) is 5.75 Å². The summed E-state index contributed by atoms with van der Waals surface area (Å²) in [6.07, 6.45) is -8.70. The first-order valence-electron chi connectivity index (χ1n) is 9.92. The molecular formula is C22H22ClF3O6. The van der Waals surface area contributed by atoms with Crippen LogP contribution in [-0.2, 0) is 16.8 Å². The Bertz CT molecular complexity index is 985. The number of hydrogen-bond donors (Lipinski definition) is 4. The lowest BCUT2D eigenvalue weighted by Crippen LogP contribution is -2.60. The normalized spacial score (nSPS) is 32.2. The molecule has 2 fully saturated rings. The Hall–Kier alpha value is -1.88. The molecule has 1 saturated carbocycles. The van der Waals surface area contributed by atoms with Crippen LogP contribution in [0.1, 0.15) is 23.1 Å². The summed E-state index contributed by atoms with van der Waals surface area (Å²) in [5, 5.41) is 41.8. The van der Waals surface area contributed by atoms with E-state index in [0.29, 0.717) is 21.7 Å². The van der Waals surface area contributed by atoms with E-state index in [0.717, 1.165) is 0 Å². The second-order valence-electron chi connectivity index (χ2n) is 8.43. The lowest BCUT2D eigenvalue weighted by atomic mass is 9.64. The van der Waals surface area contributed by atoms with Crippen molar-refractivity contribution in [1.29, 1.82) is 0 Å². The van der Waals surface area contributed by atoms with Gasteiger partial charge in [0.15, 0.2) is 0 Å². The standard InChI is InChI=1S/C22H22ClF3O6/c23-16-6-3-14(21-9-20(10-27,11-31-21)18(29)17(28)19(21)30)8-13(16)7-12-1-4-15(5-2-12)32-22(24,25)26/h1-6,8,17-19,27-30H,7,9-11H2/t17-,18+,19+,20-,21-/m0/s1. The lowest BCUT2D eigenvalue weighted by molar-refractivity contribution is -0.274. The van der Waals surface area contributed by atoms with Crippen molar-refractivity contribution in [1.82, 2.24) is 0 Å². The van der Waals surface area contributed by atoms with Crippen LogP contribution >= 0.6 is 11.6 Å². The summed E-state index contributed by atoms with van der Waals surface area (Å²) in [7, 11) is 0. The third-order valence-electron chi connectivity index (χ3n) is 6.38. The second kappa shape index (κ2) is 8.16. The molecule has 0 spiro atoms. The lowest BCUT2D eigenvalue weighted by Gasteiger charge is -2.46. The Morgan fingerprint density at radius 1 is 1.06 bits per heavy atom. The number of halogens is 4. The van der Waals surface area contributed by atoms with Gasteiger partial charge in [-0.2, -0.15) is 0 Å². The number of ether oxygens (including phenoxy) is 2. The predicted molar refractivity (Wildman–Crippen MR) is 107 cm³/mol. The molecule has 2 bridgehead atoms. The van der Waals surface area contributed by atoms with E-state index >= 15 is 0 Å². The minimum atomic E-state index is -4.78. The quantitative estimate of drug-likeness (QED) is 0.531. The maximum absolute atomic E-state index is 12.4. The Kier molecular flexibility index (Phi) is 5.94. The number of fused-ring (bicyclic) bond motifs is 2. The molecular weight excluding hydrogens is 453 g/mol. The highest BCUT2D eigenvalue weighted by Gasteiger charge is 2.65. The zero-order valence-electron chi connectivity index (χ0n) is 16.7. The molecule has 0 unspecified atom stereocenters. The number of alkyl halides is 3. The van der Waals surface area contributed by atoms with Crippen molar-refractivity contribution in [2.75, 3.05) is 13.2 Å². The van der Waals surface area contributed by atoms with Gasteiger partial charge in [0, 0.05) is 10.4 Å². The maximum atomic E-state index is 12.4. The molecule has 1 heterocycles. The van der Waals surface area contributed by atoms with Crippen molar-refractivity contribution in [2.24, 2.45) is 5.41 Å². The van der Waals surface area contributed by atoms with E-state index in [4.69, 9.17) is 16.3 Å². The number of aliphatic hydroxyl groups is 4. The van der Waals surface area contributed by atoms with Gasteiger partial charge in [0.25, 0.3) is 0 Å². The van der Waals surface area contributed by atoms with E-state index in [2.05, 4.69) is 4.74 Å². The topological polar surface area (TPSA) is 99.4 Å². The van der Waals surface area contributed by atoms with Crippen LogP contribution in [0.5, 0.6) is 5.75 Å². The largest absolute Gasteiger partial charge is 0.573 e. The van der Waals surface area contributed by atoms with Crippen molar-refractivity contribution in [3.05, 3.63) is 64.2 Å². The van der Waals surface area contributed by atoms with Gasteiger partial charge in [0.05, 0.1) is 19.3 Å². The zero-order chi connectivity index (χ0) is 23.3. The summed E-state index contributed by atoms with van der Waals surface area (Å²) >= 11 is 6.34. The van der Waals surface area contributed by atoms with Gasteiger partial charge in [-0.05, 0) is 47.7 Å². The fraction of sp³-hybridized carbons (Fsp3) is 0.455. The molecule has 0 aromatic heterocycles. The van der Waals surface area contributed by atoms with Crippen molar-refractivity contribution in [3.63, 3.8) is 0 Å². The Labute approximate surface area is 186 Å². The van der Waals surface area contributed by atoms with Crippen molar-refractivity contribution >= 4 is 11.6 Å². The van der Waals surface area contributed by atoms with Crippen LogP contribution in [0.2, 0.25) is 5.02 Å². The molecule has 32 heavy (non-hydrogen) atoms. The van der Waals surface area contributed by atoms with Gasteiger partial charge in [-0.1, -0.05) is 35.9 Å². The third kappa shape index (κ3) is 3.98. The van der Waals surface area contributed by atoms with Crippen LogP contribution in [0, 0.1) is 5.41 Å². The van der Waals surface area contributed by atoms with Gasteiger partial charge in [-0.3, -0.25) is 0 Å². The van der Waals surface area contributed by atoms with Gasteiger partial charge < -0.3 is 29.9 Å². The number of aliphatic hydroxyl groups excluding tert-OH is 4. The van der Waals surface area contributed by atoms with Gasteiger partial charge in [0.2, 0.25) is 0 Å². The van der Waals surface area contributed by atoms with Crippen molar-refractivity contribution in [2.45, 2.75) is 43.1 Å². The maximum Gasteiger partial charge on any atom is 0.573 e. The molecule has 174 valence electrons. The molecule has 4 rings (SSSR count). The van der Waals surface area contributed by atoms with Gasteiger partial charge in [-0.15, -0.1) is 13.2 Å². The molecule has 2 aliphatic rings. The summed E-state index contributed by atoms with van der Waals surface area (Å²) in [5.74, 6) is -0.336. The molecule has 0 amide bonds. The average molecular weight is 475 g/mol. The predicted octanol–water partition coefficient (Wildman–Crippen LogP) is 2.52. The molecule has 2 aromatic rings. The van der Waals surface area contributed by atoms with Crippen LogP contribution in [0.15, 0.2) is 42.5 Å². The van der Waals surface area contributed by atoms with Crippen LogP contribution < -0.4 is 4.74 Å². The van der Waals surface area contributed by atoms with Gasteiger partial charge in [0.1, 0.15) is 23.6 Å². The molecule has 5 atom stereocenters. The summed E-state index contributed by atoms with van der Waals surface area (Å²) in [6, 6.07) is 10.3. The highest BCUT2D eigenvalue weighted by Crippen LogP contribution is 2.55. The van der Waals surface area contributed by atoms with Crippen molar-refractivity contribution < 1.29 is 43.1 Å². The number of hydrogen-bond acceptors (Lipinski definition) is 6. The molecule has 10 heteroatoms. The summed E-state index contributed by atoms with van der Waals surface area (Å²) in [6.45, 7) is -0.468. The molecule has 4 N–H and O–H groups in total. The summed E-state index contributed by atoms with van der Waals surface area (Å²) in [4.78, 5) is 0. The number of rotatable bonds is 5. The SMILES string of the molecule is OC[C@]12CO[C@](c3ccc(Cl)c(Cc4ccc(OC(F)(F)F)cc4)c3)(C1)[C@H](O)[C@@H](O)[C@H]2O. The smallest absolute Gasteiger partial charge is 0.406 e. The molecule has 6 nitrogen and oxygen atoms in total. The van der Waals surface area contributed by atoms with Gasteiger partial charge >= 0.3 is 6.36 Å². The first-order chi connectivity index (χ1) is 15.0. The molecule has 1 saturated heterocycles. The Morgan fingerprint density at radius 2 is 1.75 bits per heavy atom. The highest BCUT2D eigenvalue weighted by molar-refractivity contribution is 6.31. The van der Waals surface area contributed by atoms with E-state index < -0.39 is 42.3 Å². The fourth-order valence-electron chi connectivity index (χ4n) is 4.64. The first kappa shape index (κ1) is 23.3. The third-order valence-corrected chi connectivity index (χ3v) is 6.75. The van der Waals surface area contributed by atoms with E-state index in [1.54, 1.807) is 18.2 Å². The monoisotopic (exact) mass is 474 g/mol. The molecule has 2 aromatic carbocycles. The fourth-order valence-corrected chi connectivity index (χ4v) is 4.83. The minimum absolute atomic E-state index is 0.0442. The molecule has 1 aliphatic heterocycles. The molecule has 0 radical (unpaired) electrons. The summed E-state index contributed by atoms with van der Waals surface area (Å²) < 4.78 is 46.8. The number of benzene rings is 2. The van der Waals surface area contributed by atoms with Crippen LogP contribution in [0.4, 0.5) is 13.2 Å². The minimum Gasteiger partial charge on any atom is -0.406 e. The van der Waals surface area contributed by atoms with Gasteiger partial charge in [-0.25, -0.2) is 0 Å². The van der Waals surface area contributed by atoms with Crippen LogP contribution in [0.25, 0.3) is 0 Å². The van der Waals surface area contributed by atoms with E-state index in [1.165, 1.54) is 24.3 Å². The van der Waals surface area contributed by atoms with Crippen LogP contribution in [-0.4, -0.2) is 58.3 Å². The Balaban J connectivity index is 1.62. The van der Waals surface area contributed by atoms with E-state index in [9.17, 15) is 33.6 Å². The van der Waals surface area contributed by atoms with E-state index in [-0.39, 0.29) is 25.2 Å². The Morgan fingerprint density at radius 3 is 2.38 bits per heavy atom. The second-order valence-corrected chi connectivity index (χ2v) is 8.84. The highest BCUT2D eigenvalue weighted by atomic mass is 35.5. The average Bonchev–Trinajstić information content (AvgIpc) is 3.13. The first-order valence-corrected chi connectivity index (χ1v) is 10.3.